The second-order valence-electron chi connectivity index (χ2n) is 5.36. The number of nitrogens with zero attached hydrogens (tertiary/aromatic N) is 1. The molecule has 1 rings (SSSR count). The molecule has 1 aromatic rings. The summed E-state index contributed by atoms with van der Waals surface area (Å²) < 4.78 is 0.791. The Hall–Kier alpha value is -1.07. The highest BCUT2D eigenvalue weighted by Crippen LogP contribution is 2.17. The number of nitrogens with one attached hydrogen (secondary N) is 1. The molecule has 0 aliphatic rings. The quantitative estimate of drug-likeness (QED) is 0.799. The fraction of sp³-hybridized carbons (Fsp3) is 0.529. The highest BCUT2D eigenvalue weighted by Gasteiger charge is 2.13. The van der Waals surface area contributed by atoms with Crippen LogP contribution in [-0.2, 0) is 4.79 Å². The van der Waals surface area contributed by atoms with Crippen LogP contribution in [0.1, 0.15) is 43.5 Å². The molecule has 122 valence electrons. The molecule has 0 saturated heterocycles. The van der Waals surface area contributed by atoms with Crippen LogP contribution < -0.4 is 5.32 Å². The second-order valence-corrected chi connectivity index (χ2v) is 6.97. The number of hydrogen-bond acceptors (Lipinski definition) is 3. The number of carbonyl (C=O) groups excluding carboxylic acids is 1. The van der Waals surface area contributed by atoms with E-state index in [-0.39, 0.29) is 11.9 Å². The Labute approximate surface area is 143 Å². The lowest BCUT2D eigenvalue weighted by Crippen LogP contribution is -2.31. The number of amides is 1. The van der Waals surface area contributed by atoms with E-state index in [0.717, 1.165) is 23.0 Å². The lowest BCUT2D eigenvalue weighted by atomic mass is 10.0. The van der Waals surface area contributed by atoms with Gasteiger partial charge in [-0.15, -0.1) is 0 Å². The van der Waals surface area contributed by atoms with E-state index in [1.54, 1.807) is 0 Å². The summed E-state index contributed by atoms with van der Waals surface area (Å²) in [5.41, 5.74) is 3.64. The first kappa shape index (κ1) is 19.0. The van der Waals surface area contributed by atoms with Gasteiger partial charge in [0.25, 0.3) is 0 Å². The fourth-order valence-electron chi connectivity index (χ4n) is 2.10. The van der Waals surface area contributed by atoms with Crippen molar-refractivity contribution in [3.63, 3.8) is 0 Å². The van der Waals surface area contributed by atoms with Gasteiger partial charge in [0.2, 0.25) is 5.91 Å². The molecule has 1 N–H and O–H groups in total. The molecular weight excluding hydrogens is 312 g/mol. The monoisotopic (exact) mass is 338 g/mol. The van der Waals surface area contributed by atoms with Crippen molar-refractivity contribution >= 4 is 34.2 Å². The molecule has 0 aromatic heterocycles. The molecule has 3 nitrogen and oxygen atoms in total. The summed E-state index contributed by atoms with van der Waals surface area (Å²) in [5, 5.41) is 3.04. The molecule has 0 fully saturated rings. The number of benzene rings is 1. The van der Waals surface area contributed by atoms with Crippen LogP contribution in [0.5, 0.6) is 0 Å². The van der Waals surface area contributed by atoms with Crippen LogP contribution in [0.2, 0.25) is 0 Å². The SMILES string of the molecule is CCN(CC)C(=S)SCC(=O)NC(C)c1ccc(C)c(C)c1. The number of carbonyl (C=O) groups is 1. The molecule has 1 amide bonds. The lowest BCUT2D eigenvalue weighted by molar-refractivity contribution is -0.119. The van der Waals surface area contributed by atoms with Gasteiger partial charge in [0.05, 0.1) is 11.8 Å². The van der Waals surface area contributed by atoms with E-state index in [4.69, 9.17) is 12.2 Å². The summed E-state index contributed by atoms with van der Waals surface area (Å²) >= 11 is 6.77. The lowest BCUT2D eigenvalue weighted by Gasteiger charge is -2.21. The van der Waals surface area contributed by atoms with E-state index < -0.39 is 0 Å². The zero-order chi connectivity index (χ0) is 16.7. The Balaban J connectivity index is 2.50. The maximum Gasteiger partial charge on any atom is 0.230 e. The van der Waals surface area contributed by atoms with Crippen molar-refractivity contribution in [3.8, 4) is 0 Å². The molecule has 1 aromatic carbocycles. The Morgan fingerprint density at radius 2 is 1.91 bits per heavy atom. The highest BCUT2D eigenvalue weighted by atomic mass is 32.2. The van der Waals surface area contributed by atoms with Crippen molar-refractivity contribution in [2.75, 3.05) is 18.8 Å². The van der Waals surface area contributed by atoms with Crippen LogP contribution in [0, 0.1) is 13.8 Å². The van der Waals surface area contributed by atoms with Gasteiger partial charge < -0.3 is 10.2 Å². The Bertz CT molecular complexity index is 527. The predicted octanol–water partition coefficient (Wildman–Crippen LogP) is 3.84. The van der Waals surface area contributed by atoms with Gasteiger partial charge in [0.1, 0.15) is 4.32 Å². The number of thioether (sulfide) groups is 1. The highest BCUT2D eigenvalue weighted by molar-refractivity contribution is 8.23. The molecule has 0 spiro atoms. The van der Waals surface area contributed by atoms with E-state index in [1.165, 1.54) is 22.9 Å². The minimum atomic E-state index is 0.00873. The van der Waals surface area contributed by atoms with Crippen LogP contribution >= 0.6 is 24.0 Å². The Kier molecular flexibility index (Phi) is 7.90. The first-order chi connectivity index (χ1) is 10.4. The standard InChI is InChI=1S/C17H26N2OS2/c1-6-19(7-2)17(21)22-11-16(20)18-14(5)15-9-8-12(3)13(4)10-15/h8-10,14H,6-7,11H2,1-5H3,(H,18,20). The number of hydrogen-bond donors (Lipinski definition) is 1. The van der Waals surface area contributed by atoms with Crippen LogP contribution in [0.4, 0.5) is 0 Å². The van der Waals surface area contributed by atoms with Crippen molar-refractivity contribution in [2.24, 2.45) is 0 Å². The number of aryl methyl sites for hydroxylation is 2. The van der Waals surface area contributed by atoms with E-state index >= 15 is 0 Å². The smallest absolute Gasteiger partial charge is 0.230 e. The minimum absolute atomic E-state index is 0.00873. The van der Waals surface area contributed by atoms with Crippen molar-refractivity contribution in [3.05, 3.63) is 34.9 Å². The normalized spacial score (nSPS) is 11.9. The summed E-state index contributed by atoms with van der Waals surface area (Å²) in [4.78, 5) is 14.2. The zero-order valence-corrected chi connectivity index (χ0v) is 15.7. The average molecular weight is 339 g/mol. The molecule has 0 aliphatic carbocycles. The minimum Gasteiger partial charge on any atom is -0.358 e. The predicted molar refractivity (Wildman–Crippen MR) is 100 cm³/mol. The third kappa shape index (κ3) is 5.61. The summed E-state index contributed by atoms with van der Waals surface area (Å²) in [5.74, 6) is 0.384. The van der Waals surface area contributed by atoms with Gasteiger partial charge in [-0.3, -0.25) is 4.79 Å². The fourth-order valence-corrected chi connectivity index (χ4v) is 3.31. The van der Waals surface area contributed by atoms with Gasteiger partial charge in [-0.2, -0.15) is 0 Å². The number of rotatable bonds is 6. The third-order valence-electron chi connectivity index (χ3n) is 3.76. The summed E-state index contributed by atoms with van der Waals surface area (Å²) in [6.07, 6.45) is 0. The van der Waals surface area contributed by atoms with Crippen molar-refractivity contribution in [1.82, 2.24) is 10.2 Å². The van der Waals surface area contributed by atoms with Gasteiger partial charge in [-0.05, 0) is 51.3 Å². The first-order valence-corrected chi connectivity index (χ1v) is 9.06. The molecule has 0 radical (unpaired) electrons. The van der Waals surface area contributed by atoms with Gasteiger partial charge in [-0.1, -0.05) is 42.2 Å². The van der Waals surface area contributed by atoms with Crippen LogP contribution in [0.3, 0.4) is 0 Å². The molecule has 5 heteroatoms. The van der Waals surface area contributed by atoms with Gasteiger partial charge in [-0.25, -0.2) is 0 Å². The van der Waals surface area contributed by atoms with E-state index in [9.17, 15) is 4.79 Å². The van der Waals surface area contributed by atoms with Crippen LogP contribution in [-0.4, -0.2) is 34.0 Å². The van der Waals surface area contributed by atoms with Gasteiger partial charge in [0.15, 0.2) is 0 Å². The maximum absolute atomic E-state index is 12.1. The first-order valence-electron chi connectivity index (χ1n) is 7.67. The summed E-state index contributed by atoms with van der Waals surface area (Å²) in [7, 11) is 0. The summed E-state index contributed by atoms with van der Waals surface area (Å²) in [6.45, 7) is 12.1. The van der Waals surface area contributed by atoms with Crippen molar-refractivity contribution in [2.45, 2.75) is 40.7 Å². The number of thiocarbonyl (C=S) groups is 1. The Morgan fingerprint density at radius 3 is 2.45 bits per heavy atom. The Morgan fingerprint density at radius 1 is 1.27 bits per heavy atom. The van der Waals surface area contributed by atoms with E-state index in [0.29, 0.717) is 5.75 Å². The molecular formula is C17H26N2OS2. The molecule has 22 heavy (non-hydrogen) atoms. The van der Waals surface area contributed by atoms with Crippen LogP contribution in [0.25, 0.3) is 0 Å². The molecule has 1 atom stereocenters. The average Bonchev–Trinajstić information content (AvgIpc) is 2.49. The van der Waals surface area contributed by atoms with E-state index in [1.807, 2.05) is 6.92 Å². The molecule has 0 saturated carbocycles. The molecule has 0 bridgehead atoms. The van der Waals surface area contributed by atoms with Gasteiger partial charge >= 0.3 is 0 Å². The topological polar surface area (TPSA) is 32.3 Å². The van der Waals surface area contributed by atoms with Crippen LogP contribution in [0.15, 0.2) is 18.2 Å². The molecule has 0 aliphatic heterocycles. The van der Waals surface area contributed by atoms with Gasteiger partial charge in [0, 0.05) is 13.1 Å². The third-order valence-corrected chi connectivity index (χ3v) is 5.28. The van der Waals surface area contributed by atoms with Crippen molar-refractivity contribution < 1.29 is 4.79 Å². The van der Waals surface area contributed by atoms with E-state index in [2.05, 4.69) is 56.1 Å². The largest absolute Gasteiger partial charge is 0.358 e. The molecule has 1 unspecified atom stereocenters. The zero-order valence-electron chi connectivity index (χ0n) is 14.1. The maximum atomic E-state index is 12.1. The van der Waals surface area contributed by atoms with Crippen molar-refractivity contribution in [1.29, 1.82) is 0 Å². The second kappa shape index (κ2) is 9.16. The molecule has 0 heterocycles. The summed E-state index contributed by atoms with van der Waals surface area (Å²) in [6, 6.07) is 6.31.